The van der Waals surface area contributed by atoms with Gasteiger partial charge in [0.1, 0.15) is 0 Å². The van der Waals surface area contributed by atoms with Crippen molar-refractivity contribution < 1.29 is 0 Å². The first-order chi connectivity index (χ1) is 9.59. The minimum Gasteiger partial charge on any atom is -0.0705 e. The third-order valence-corrected chi connectivity index (χ3v) is 6.06. The molecule has 0 heterocycles. The third kappa shape index (κ3) is 2.06. The molecule has 2 aromatic rings. The first kappa shape index (κ1) is 13.4. The lowest BCUT2D eigenvalue weighted by molar-refractivity contribution is 1.16. The number of allylic oxidation sites excluding steroid dienone is 1. The van der Waals surface area contributed by atoms with E-state index in [1.807, 2.05) is 0 Å². The maximum Gasteiger partial charge on any atom is 0.0556 e. The Hall–Kier alpha value is -1.60. The molecule has 1 atom stereocenters. The first-order valence-electron chi connectivity index (χ1n) is 7.26. The molecule has 1 aliphatic carbocycles. The molecular formula is C19H21Si. The standard InChI is InChI=1S/C19H21Si/c1-13-10-11-14(2)18-16(13)12-17(19(18)20(3)4)15-8-6-5-7-9-15/h5-12,19H,1-4H3. The van der Waals surface area contributed by atoms with Gasteiger partial charge >= 0.3 is 0 Å². The maximum absolute atomic E-state index is 2.44. The average molecular weight is 277 g/mol. The van der Waals surface area contributed by atoms with Crippen molar-refractivity contribution in [3.63, 3.8) is 0 Å². The van der Waals surface area contributed by atoms with Crippen LogP contribution in [0.2, 0.25) is 13.1 Å². The lowest BCUT2D eigenvalue weighted by Crippen LogP contribution is -2.17. The van der Waals surface area contributed by atoms with Gasteiger partial charge in [-0.3, -0.25) is 0 Å². The van der Waals surface area contributed by atoms with E-state index in [1.54, 1.807) is 5.56 Å². The minimum atomic E-state index is -0.426. The molecule has 0 saturated carbocycles. The monoisotopic (exact) mass is 277 g/mol. The minimum absolute atomic E-state index is 0.426. The summed E-state index contributed by atoms with van der Waals surface area (Å²) in [6, 6.07) is 15.4. The van der Waals surface area contributed by atoms with Gasteiger partial charge in [-0.1, -0.05) is 61.6 Å². The number of benzene rings is 2. The van der Waals surface area contributed by atoms with Crippen molar-refractivity contribution in [1.82, 2.24) is 0 Å². The van der Waals surface area contributed by atoms with Gasteiger partial charge in [-0.15, -0.1) is 0 Å². The summed E-state index contributed by atoms with van der Waals surface area (Å²) >= 11 is 0. The van der Waals surface area contributed by atoms with Crippen molar-refractivity contribution in [3.05, 3.63) is 70.3 Å². The topological polar surface area (TPSA) is 0 Å². The quantitative estimate of drug-likeness (QED) is 0.659. The van der Waals surface area contributed by atoms with E-state index < -0.39 is 8.80 Å². The Labute approximate surface area is 123 Å². The average Bonchev–Trinajstić information content (AvgIpc) is 2.86. The van der Waals surface area contributed by atoms with E-state index in [0.29, 0.717) is 5.54 Å². The number of hydrogen-bond donors (Lipinski definition) is 0. The highest BCUT2D eigenvalue weighted by molar-refractivity contribution is 6.60. The van der Waals surface area contributed by atoms with Crippen molar-refractivity contribution in [2.45, 2.75) is 32.5 Å². The molecule has 1 unspecified atom stereocenters. The molecule has 0 nitrogen and oxygen atoms in total. The van der Waals surface area contributed by atoms with Gasteiger partial charge in [-0.05, 0) is 47.2 Å². The highest BCUT2D eigenvalue weighted by atomic mass is 28.3. The SMILES string of the molecule is Cc1ccc(C)c2c1C=C(c1ccccc1)C2[Si](C)C. The van der Waals surface area contributed by atoms with Gasteiger partial charge in [-0.25, -0.2) is 0 Å². The van der Waals surface area contributed by atoms with E-state index in [0.717, 1.165) is 0 Å². The molecule has 3 rings (SSSR count). The second kappa shape index (κ2) is 5.06. The molecule has 0 bridgehead atoms. The molecule has 20 heavy (non-hydrogen) atoms. The van der Waals surface area contributed by atoms with E-state index in [1.165, 1.54) is 27.8 Å². The normalized spacial score (nSPS) is 17.2. The summed E-state index contributed by atoms with van der Waals surface area (Å²) in [6.45, 7) is 9.36. The molecule has 1 heteroatoms. The molecule has 0 aromatic heterocycles. The Morgan fingerprint density at radius 1 is 0.850 bits per heavy atom. The molecule has 0 fully saturated rings. The molecule has 0 spiro atoms. The summed E-state index contributed by atoms with van der Waals surface area (Å²) in [5, 5.41) is 0. The van der Waals surface area contributed by atoms with Crippen molar-refractivity contribution in [3.8, 4) is 0 Å². The van der Waals surface area contributed by atoms with E-state index in [4.69, 9.17) is 0 Å². The number of aryl methyl sites for hydroxylation is 2. The molecule has 101 valence electrons. The molecule has 0 amide bonds. The number of hydrogen-bond acceptors (Lipinski definition) is 0. The van der Waals surface area contributed by atoms with E-state index in [9.17, 15) is 0 Å². The summed E-state index contributed by atoms with van der Waals surface area (Å²) in [4.78, 5) is 0. The summed E-state index contributed by atoms with van der Waals surface area (Å²) < 4.78 is 0. The van der Waals surface area contributed by atoms with Gasteiger partial charge < -0.3 is 0 Å². The van der Waals surface area contributed by atoms with Crippen LogP contribution in [-0.2, 0) is 0 Å². The molecule has 1 radical (unpaired) electrons. The lowest BCUT2D eigenvalue weighted by atomic mass is 9.98. The Morgan fingerprint density at radius 3 is 2.15 bits per heavy atom. The van der Waals surface area contributed by atoms with Crippen molar-refractivity contribution in [2.24, 2.45) is 0 Å². The molecule has 0 saturated heterocycles. The van der Waals surface area contributed by atoms with E-state index in [-0.39, 0.29) is 0 Å². The fourth-order valence-corrected chi connectivity index (χ4v) is 5.14. The van der Waals surface area contributed by atoms with Crippen LogP contribution in [0.3, 0.4) is 0 Å². The smallest absolute Gasteiger partial charge is 0.0556 e. The third-order valence-electron chi connectivity index (χ3n) is 4.31. The molecule has 0 aliphatic heterocycles. The predicted molar refractivity (Wildman–Crippen MR) is 90.5 cm³/mol. The van der Waals surface area contributed by atoms with Crippen LogP contribution in [0.4, 0.5) is 0 Å². The zero-order valence-corrected chi connectivity index (χ0v) is 13.7. The second-order valence-electron chi connectivity index (χ2n) is 6.00. The van der Waals surface area contributed by atoms with Crippen molar-refractivity contribution >= 4 is 20.4 Å². The number of fused-ring (bicyclic) bond motifs is 1. The lowest BCUT2D eigenvalue weighted by Gasteiger charge is -2.22. The Bertz CT molecular complexity index is 666. The van der Waals surface area contributed by atoms with Gasteiger partial charge in [0.05, 0.1) is 8.80 Å². The summed E-state index contributed by atoms with van der Waals surface area (Å²) in [6.07, 6.45) is 2.44. The van der Waals surface area contributed by atoms with E-state index >= 15 is 0 Å². The molecule has 1 aliphatic rings. The highest BCUT2D eigenvalue weighted by Gasteiger charge is 2.31. The molecule has 2 aromatic carbocycles. The van der Waals surface area contributed by atoms with Gasteiger partial charge in [-0.2, -0.15) is 0 Å². The molecule has 0 N–H and O–H groups in total. The Balaban J connectivity index is 2.21. The largest absolute Gasteiger partial charge is 0.0705 e. The maximum atomic E-state index is 2.44. The Kier molecular flexibility index (Phi) is 3.39. The summed E-state index contributed by atoms with van der Waals surface area (Å²) in [7, 11) is -0.426. The molecular weight excluding hydrogens is 256 g/mol. The van der Waals surface area contributed by atoms with Gasteiger partial charge in [0.25, 0.3) is 0 Å². The van der Waals surface area contributed by atoms with Gasteiger partial charge in [0, 0.05) is 5.54 Å². The first-order valence-corrected chi connectivity index (χ1v) is 9.84. The predicted octanol–water partition coefficient (Wildman–Crippen LogP) is 5.23. The van der Waals surface area contributed by atoms with Gasteiger partial charge in [0.2, 0.25) is 0 Å². The van der Waals surface area contributed by atoms with Crippen LogP contribution in [0.5, 0.6) is 0 Å². The fraction of sp³-hybridized carbons (Fsp3) is 0.263. The fourth-order valence-electron chi connectivity index (χ4n) is 3.30. The van der Waals surface area contributed by atoms with Crippen LogP contribution in [-0.4, -0.2) is 8.80 Å². The van der Waals surface area contributed by atoms with Crippen LogP contribution in [0.25, 0.3) is 11.6 Å². The Morgan fingerprint density at radius 2 is 1.50 bits per heavy atom. The van der Waals surface area contributed by atoms with Crippen molar-refractivity contribution in [2.75, 3.05) is 0 Å². The zero-order valence-electron chi connectivity index (χ0n) is 12.7. The second-order valence-corrected chi connectivity index (χ2v) is 8.73. The summed E-state index contributed by atoms with van der Waals surface area (Å²) in [5.74, 6) is 0. The van der Waals surface area contributed by atoms with Crippen LogP contribution in [0.1, 0.15) is 33.4 Å². The van der Waals surface area contributed by atoms with E-state index in [2.05, 4.69) is 75.5 Å². The van der Waals surface area contributed by atoms with Crippen LogP contribution >= 0.6 is 0 Å². The van der Waals surface area contributed by atoms with Crippen LogP contribution < -0.4 is 0 Å². The van der Waals surface area contributed by atoms with Crippen LogP contribution in [0, 0.1) is 13.8 Å². The van der Waals surface area contributed by atoms with Crippen LogP contribution in [0.15, 0.2) is 42.5 Å². The number of rotatable bonds is 2. The zero-order chi connectivity index (χ0) is 14.3. The summed E-state index contributed by atoms with van der Waals surface area (Å²) in [5.41, 5.74) is 9.45. The highest BCUT2D eigenvalue weighted by Crippen LogP contribution is 2.45. The van der Waals surface area contributed by atoms with Gasteiger partial charge in [0.15, 0.2) is 0 Å². The van der Waals surface area contributed by atoms with Crippen molar-refractivity contribution in [1.29, 1.82) is 0 Å².